The number of pyridine rings is 1. The van der Waals surface area contributed by atoms with Crippen LogP contribution in [0.3, 0.4) is 0 Å². The monoisotopic (exact) mass is 353 g/mol. The zero-order chi connectivity index (χ0) is 14.7. The van der Waals surface area contributed by atoms with Crippen LogP contribution in [-0.4, -0.2) is 23.3 Å². The maximum atomic E-state index is 6.29. The second-order valence-electron chi connectivity index (χ2n) is 6.36. The topological polar surface area (TPSA) is 31.4 Å². The van der Waals surface area contributed by atoms with Gasteiger partial charge in [-0.25, -0.2) is 0 Å². The molecular weight excluding hydrogens is 330 g/mol. The van der Waals surface area contributed by atoms with E-state index in [0.717, 1.165) is 41.9 Å². The number of halogens is 1. The van der Waals surface area contributed by atoms with Gasteiger partial charge in [-0.1, -0.05) is 35.2 Å². The Morgan fingerprint density at radius 3 is 2.90 bits per heavy atom. The molecule has 0 N–H and O–H groups in total. The van der Waals surface area contributed by atoms with Crippen molar-refractivity contribution in [3.8, 4) is 5.75 Å². The van der Waals surface area contributed by atoms with E-state index in [-0.39, 0.29) is 11.7 Å². The van der Waals surface area contributed by atoms with Crippen molar-refractivity contribution in [2.24, 2.45) is 0 Å². The van der Waals surface area contributed by atoms with Crippen LogP contribution in [0.1, 0.15) is 56.3 Å². The molecule has 0 radical (unpaired) electrons. The first-order valence-electron chi connectivity index (χ1n) is 8.04. The summed E-state index contributed by atoms with van der Waals surface area (Å²) in [5, 5.41) is 0.735. The largest absolute Gasteiger partial charge is 0.488 e. The molecule has 0 aromatic carbocycles. The highest BCUT2D eigenvalue weighted by atomic mass is 79.9. The van der Waals surface area contributed by atoms with Crippen LogP contribution < -0.4 is 4.74 Å². The Morgan fingerprint density at radius 2 is 2.14 bits per heavy atom. The highest BCUT2D eigenvalue weighted by Crippen LogP contribution is 2.39. The number of hydrogen-bond donors (Lipinski definition) is 0. The van der Waals surface area contributed by atoms with Gasteiger partial charge < -0.3 is 9.47 Å². The van der Waals surface area contributed by atoms with Gasteiger partial charge in [-0.3, -0.25) is 4.98 Å². The molecule has 3 nitrogen and oxygen atoms in total. The van der Waals surface area contributed by atoms with Gasteiger partial charge in [0.05, 0.1) is 17.9 Å². The molecule has 3 rings (SSSR count). The first-order chi connectivity index (χ1) is 10.2. The molecule has 1 saturated heterocycles. The number of aryl methyl sites for hydroxylation is 1. The Morgan fingerprint density at radius 1 is 1.33 bits per heavy atom. The molecule has 1 spiro atoms. The van der Waals surface area contributed by atoms with Gasteiger partial charge in [0.15, 0.2) is 0 Å². The minimum atomic E-state index is 0.0911. The second kappa shape index (κ2) is 6.66. The maximum absolute atomic E-state index is 6.29. The van der Waals surface area contributed by atoms with Crippen molar-refractivity contribution in [1.29, 1.82) is 0 Å². The van der Waals surface area contributed by atoms with Gasteiger partial charge in [0.2, 0.25) is 0 Å². The molecule has 1 atom stereocenters. The van der Waals surface area contributed by atoms with Crippen LogP contribution >= 0.6 is 15.9 Å². The Labute approximate surface area is 135 Å². The third-order valence-corrected chi connectivity index (χ3v) is 5.24. The van der Waals surface area contributed by atoms with Gasteiger partial charge in [0.1, 0.15) is 11.9 Å². The molecule has 4 heteroatoms. The van der Waals surface area contributed by atoms with E-state index in [9.17, 15) is 0 Å². The van der Waals surface area contributed by atoms with Gasteiger partial charge in [-0.05, 0) is 31.9 Å². The zero-order valence-corrected chi connectivity index (χ0v) is 14.3. The molecule has 0 bridgehead atoms. The second-order valence-corrected chi connectivity index (χ2v) is 6.92. The Balaban J connectivity index is 1.70. The van der Waals surface area contributed by atoms with Crippen molar-refractivity contribution in [1.82, 2.24) is 4.98 Å². The summed E-state index contributed by atoms with van der Waals surface area (Å²) in [6.07, 6.45) is 8.62. The molecule has 1 aliphatic heterocycles. The molecule has 2 fully saturated rings. The normalized spacial score (nSPS) is 25.0. The summed E-state index contributed by atoms with van der Waals surface area (Å²) in [7, 11) is 0. The van der Waals surface area contributed by atoms with Crippen molar-refractivity contribution in [2.75, 3.05) is 6.61 Å². The van der Waals surface area contributed by atoms with E-state index in [0.29, 0.717) is 0 Å². The number of rotatable bonds is 3. The van der Waals surface area contributed by atoms with Crippen molar-refractivity contribution in [3.63, 3.8) is 0 Å². The molecule has 116 valence electrons. The van der Waals surface area contributed by atoms with Crippen LogP contribution in [0.15, 0.2) is 12.1 Å². The highest BCUT2D eigenvalue weighted by molar-refractivity contribution is 9.08. The lowest BCUT2D eigenvalue weighted by molar-refractivity contribution is -0.129. The molecule has 1 saturated carbocycles. The van der Waals surface area contributed by atoms with Crippen molar-refractivity contribution in [3.05, 3.63) is 23.5 Å². The first kappa shape index (κ1) is 15.3. The summed E-state index contributed by atoms with van der Waals surface area (Å²) in [4.78, 5) is 4.56. The lowest BCUT2D eigenvalue weighted by Crippen LogP contribution is -2.45. The summed E-state index contributed by atoms with van der Waals surface area (Å²) < 4.78 is 12.4. The Kier molecular flexibility index (Phi) is 4.85. The molecule has 1 aromatic rings. The fourth-order valence-corrected chi connectivity index (χ4v) is 4.01. The van der Waals surface area contributed by atoms with Crippen LogP contribution in [0.25, 0.3) is 0 Å². The SMILES string of the molecule is Cc1ccc(OC2CCOC3(CCCCC3)C2)c(CBr)n1. The number of alkyl halides is 1. The fraction of sp³-hybridized carbons (Fsp3) is 0.706. The lowest BCUT2D eigenvalue weighted by atomic mass is 9.79. The summed E-state index contributed by atoms with van der Waals surface area (Å²) in [6.45, 7) is 2.84. The van der Waals surface area contributed by atoms with Crippen LogP contribution in [0.2, 0.25) is 0 Å². The van der Waals surface area contributed by atoms with E-state index in [1.165, 1.54) is 32.1 Å². The standard InChI is InChI=1S/C17H24BrNO2/c1-13-5-6-16(15(12-18)19-13)21-14-7-10-20-17(11-14)8-3-2-4-9-17/h5-6,14H,2-4,7-12H2,1H3. The molecule has 1 unspecified atom stereocenters. The van der Waals surface area contributed by atoms with Gasteiger partial charge in [-0.15, -0.1) is 0 Å². The number of hydrogen-bond acceptors (Lipinski definition) is 3. The van der Waals surface area contributed by atoms with E-state index in [2.05, 4.69) is 27.0 Å². The summed E-state index contributed by atoms with van der Waals surface area (Å²) in [6, 6.07) is 4.08. The number of aromatic nitrogens is 1. The van der Waals surface area contributed by atoms with E-state index in [4.69, 9.17) is 9.47 Å². The third kappa shape index (κ3) is 3.59. The van der Waals surface area contributed by atoms with Crippen molar-refractivity contribution >= 4 is 15.9 Å². The van der Waals surface area contributed by atoms with Gasteiger partial charge in [0, 0.05) is 23.9 Å². The molecule has 1 aliphatic carbocycles. The number of nitrogens with zero attached hydrogens (tertiary/aromatic N) is 1. The minimum Gasteiger partial charge on any atom is -0.488 e. The van der Waals surface area contributed by atoms with Crippen LogP contribution in [0.4, 0.5) is 0 Å². The predicted molar refractivity (Wildman–Crippen MR) is 87.0 cm³/mol. The molecule has 21 heavy (non-hydrogen) atoms. The van der Waals surface area contributed by atoms with Crippen molar-refractivity contribution < 1.29 is 9.47 Å². The van der Waals surface area contributed by atoms with Gasteiger partial charge >= 0.3 is 0 Å². The first-order valence-corrected chi connectivity index (χ1v) is 9.16. The van der Waals surface area contributed by atoms with Crippen LogP contribution in [0, 0.1) is 6.92 Å². The lowest BCUT2D eigenvalue weighted by Gasteiger charge is -2.43. The average molecular weight is 354 g/mol. The average Bonchev–Trinajstić information content (AvgIpc) is 2.50. The molecule has 0 amide bonds. The quantitative estimate of drug-likeness (QED) is 0.747. The minimum absolute atomic E-state index is 0.0911. The fourth-order valence-electron chi connectivity index (χ4n) is 3.61. The maximum Gasteiger partial charge on any atom is 0.142 e. The molecule has 2 aliphatic rings. The Bertz CT molecular complexity index is 480. The summed E-state index contributed by atoms with van der Waals surface area (Å²) in [5.74, 6) is 0.926. The van der Waals surface area contributed by atoms with E-state index in [1.807, 2.05) is 13.0 Å². The van der Waals surface area contributed by atoms with E-state index >= 15 is 0 Å². The smallest absolute Gasteiger partial charge is 0.142 e. The van der Waals surface area contributed by atoms with Crippen molar-refractivity contribution in [2.45, 2.75) is 68.9 Å². The molecule has 2 heterocycles. The Hall–Kier alpha value is -0.610. The summed E-state index contributed by atoms with van der Waals surface area (Å²) in [5.41, 5.74) is 2.13. The van der Waals surface area contributed by atoms with Gasteiger partial charge in [-0.2, -0.15) is 0 Å². The van der Waals surface area contributed by atoms with Crippen LogP contribution in [-0.2, 0) is 10.1 Å². The van der Waals surface area contributed by atoms with E-state index < -0.39 is 0 Å². The molecular formula is C17H24BrNO2. The van der Waals surface area contributed by atoms with Crippen LogP contribution in [0.5, 0.6) is 5.75 Å². The third-order valence-electron chi connectivity index (χ3n) is 4.70. The predicted octanol–water partition coefficient (Wildman–Crippen LogP) is 4.55. The molecule has 1 aromatic heterocycles. The zero-order valence-electron chi connectivity index (χ0n) is 12.7. The van der Waals surface area contributed by atoms with E-state index in [1.54, 1.807) is 0 Å². The highest BCUT2D eigenvalue weighted by Gasteiger charge is 2.39. The summed E-state index contributed by atoms with van der Waals surface area (Å²) >= 11 is 3.51. The van der Waals surface area contributed by atoms with Gasteiger partial charge in [0.25, 0.3) is 0 Å². The number of ether oxygens (including phenoxy) is 2.